The Balaban J connectivity index is 2.11. The monoisotopic (exact) mass is 359 g/mol. The molecule has 0 amide bonds. The molecule has 2 heteroatoms. The highest BCUT2D eigenvalue weighted by Gasteiger charge is 2.26. The Morgan fingerprint density at radius 1 is 0.593 bits per heavy atom. The van der Waals surface area contributed by atoms with Gasteiger partial charge in [-0.1, -0.05) is 65.8 Å². The van der Waals surface area contributed by atoms with Crippen LogP contribution in [0.1, 0.15) is 52.7 Å². The predicted molar refractivity (Wildman–Crippen MR) is 114 cm³/mol. The van der Waals surface area contributed by atoms with Gasteiger partial charge in [0.15, 0.2) is 0 Å². The van der Waals surface area contributed by atoms with Gasteiger partial charge in [-0.25, -0.2) is 0 Å². The van der Waals surface area contributed by atoms with E-state index in [-0.39, 0.29) is 10.8 Å². The fourth-order valence-corrected chi connectivity index (χ4v) is 3.34. The van der Waals surface area contributed by atoms with Gasteiger partial charge in [0.2, 0.25) is 0 Å². The molecule has 3 rings (SSSR count). The van der Waals surface area contributed by atoms with Gasteiger partial charge in [0.1, 0.15) is 5.75 Å². The number of aromatic hydroxyl groups is 1. The molecule has 0 unspecified atom stereocenters. The second-order valence-corrected chi connectivity index (χ2v) is 9.23. The highest BCUT2D eigenvalue weighted by molar-refractivity contribution is 5.72. The van der Waals surface area contributed by atoms with Crippen molar-refractivity contribution in [3.63, 3.8) is 0 Å². The molecule has 1 aromatic heterocycles. The molecule has 27 heavy (non-hydrogen) atoms. The second-order valence-electron chi connectivity index (χ2n) is 9.23. The maximum Gasteiger partial charge on any atom is 0.123 e. The first-order chi connectivity index (χ1) is 12.6. The summed E-state index contributed by atoms with van der Waals surface area (Å²) >= 11 is 0. The van der Waals surface area contributed by atoms with Gasteiger partial charge in [0, 0.05) is 23.5 Å². The van der Waals surface area contributed by atoms with E-state index in [1.54, 1.807) is 0 Å². The van der Waals surface area contributed by atoms with Crippen LogP contribution in [0.3, 0.4) is 0 Å². The lowest BCUT2D eigenvalue weighted by Crippen LogP contribution is -2.17. The first-order valence-electron chi connectivity index (χ1n) is 9.46. The average molecular weight is 360 g/mol. The fourth-order valence-electron chi connectivity index (χ4n) is 3.34. The molecular weight excluding hydrogens is 330 g/mol. The number of pyridine rings is 1. The van der Waals surface area contributed by atoms with E-state index in [0.717, 1.165) is 27.8 Å². The highest BCUT2D eigenvalue weighted by Crippen LogP contribution is 2.42. The molecule has 0 aliphatic carbocycles. The van der Waals surface area contributed by atoms with Gasteiger partial charge in [-0.3, -0.25) is 4.98 Å². The van der Waals surface area contributed by atoms with Crippen LogP contribution in [0.15, 0.2) is 60.9 Å². The van der Waals surface area contributed by atoms with E-state index in [9.17, 15) is 5.11 Å². The summed E-state index contributed by atoms with van der Waals surface area (Å²) in [5, 5.41) is 10.9. The van der Waals surface area contributed by atoms with Crippen LogP contribution >= 0.6 is 0 Å². The summed E-state index contributed by atoms with van der Waals surface area (Å²) in [6.45, 7) is 12.9. The van der Waals surface area contributed by atoms with Crippen molar-refractivity contribution in [2.45, 2.75) is 52.4 Å². The Morgan fingerprint density at radius 3 is 1.37 bits per heavy atom. The predicted octanol–water partition coefficient (Wildman–Crippen LogP) is 6.72. The zero-order valence-corrected chi connectivity index (χ0v) is 17.2. The molecule has 0 atom stereocenters. The van der Waals surface area contributed by atoms with Crippen LogP contribution in [-0.2, 0) is 10.8 Å². The van der Waals surface area contributed by atoms with Crippen molar-refractivity contribution in [3.05, 3.63) is 72.1 Å². The SMILES string of the molecule is CC(C)(C)c1cc(-c2ccc(-c3ccncc3)cc2)cc(C(C)(C)C)c1O. The quantitative estimate of drug-likeness (QED) is 0.551. The van der Waals surface area contributed by atoms with E-state index in [1.807, 2.05) is 24.5 Å². The lowest BCUT2D eigenvalue weighted by atomic mass is 9.77. The standard InChI is InChI=1S/C25H29NO/c1-24(2,3)21-15-20(16-22(23(21)27)25(4,5)6)18-9-7-17(8-10-18)19-11-13-26-14-12-19/h7-16,27H,1-6H3. The third-order valence-electron chi connectivity index (χ3n) is 4.96. The van der Waals surface area contributed by atoms with Crippen molar-refractivity contribution < 1.29 is 5.11 Å². The molecule has 0 aliphatic rings. The van der Waals surface area contributed by atoms with Crippen LogP contribution in [0.5, 0.6) is 5.75 Å². The number of hydrogen-bond donors (Lipinski definition) is 1. The van der Waals surface area contributed by atoms with Crippen LogP contribution in [0.2, 0.25) is 0 Å². The van der Waals surface area contributed by atoms with Crippen LogP contribution in [0.4, 0.5) is 0 Å². The van der Waals surface area contributed by atoms with E-state index in [2.05, 4.69) is 82.9 Å². The van der Waals surface area contributed by atoms with Crippen molar-refractivity contribution in [1.29, 1.82) is 0 Å². The van der Waals surface area contributed by atoms with Gasteiger partial charge in [-0.05, 0) is 57.3 Å². The van der Waals surface area contributed by atoms with Gasteiger partial charge in [0.25, 0.3) is 0 Å². The smallest absolute Gasteiger partial charge is 0.123 e. The second kappa shape index (κ2) is 6.84. The lowest BCUT2D eigenvalue weighted by Gasteiger charge is -2.28. The molecule has 0 radical (unpaired) electrons. The van der Waals surface area contributed by atoms with Crippen molar-refractivity contribution in [3.8, 4) is 28.0 Å². The van der Waals surface area contributed by atoms with E-state index < -0.39 is 0 Å². The Hall–Kier alpha value is -2.61. The molecule has 1 N–H and O–H groups in total. The molecule has 2 aromatic carbocycles. The van der Waals surface area contributed by atoms with Crippen LogP contribution < -0.4 is 0 Å². The summed E-state index contributed by atoms with van der Waals surface area (Å²) in [4.78, 5) is 4.09. The summed E-state index contributed by atoms with van der Waals surface area (Å²) in [6, 6.07) is 16.9. The van der Waals surface area contributed by atoms with Crippen molar-refractivity contribution in [2.75, 3.05) is 0 Å². The summed E-state index contributed by atoms with van der Waals surface area (Å²) < 4.78 is 0. The molecule has 0 fully saturated rings. The summed E-state index contributed by atoms with van der Waals surface area (Å²) in [7, 11) is 0. The van der Waals surface area contributed by atoms with Gasteiger partial charge < -0.3 is 5.11 Å². The van der Waals surface area contributed by atoms with Gasteiger partial charge in [0.05, 0.1) is 0 Å². The average Bonchev–Trinajstić information content (AvgIpc) is 2.61. The van der Waals surface area contributed by atoms with Crippen LogP contribution in [0.25, 0.3) is 22.3 Å². The van der Waals surface area contributed by atoms with Crippen LogP contribution in [-0.4, -0.2) is 10.1 Å². The van der Waals surface area contributed by atoms with Crippen molar-refractivity contribution in [1.82, 2.24) is 4.98 Å². The zero-order chi connectivity index (χ0) is 19.8. The van der Waals surface area contributed by atoms with Gasteiger partial charge in [-0.2, -0.15) is 0 Å². The molecule has 0 saturated carbocycles. The molecule has 3 aromatic rings. The van der Waals surface area contributed by atoms with Gasteiger partial charge in [-0.15, -0.1) is 0 Å². The Labute approximate surface area is 162 Å². The lowest BCUT2D eigenvalue weighted by molar-refractivity contribution is 0.423. The largest absolute Gasteiger partial charge is 0.507 e. The fraction of sp³-hybridized carbons (Fsp3) is 0.320. The maximum atomic E-state index is 10.9. The summed E-state index contributed by atoms with van der Waals surface area (Å²) in [6.07, 6.45) is 3.63. The van der Waals surface area contributed by atoms with Crippen molar-refractivity contribution in [2.24, 2.45) is 0 Å². The number of phenols is 1. The van der Waals surface area contributed by atoms with E-state index in [1.165, 1.54) is 5.56 Å². The third kappa shape index (κ3) is 4.05. The topological polar surface area (TPSA) is 33.1 Å². The minimum absolute atomic E-state index is 0.128. The normalized spacial score (nSPS) is 12.2. The minimum atomic E-state index is -0.128. The minimum Gasteiger partial charge on any atom is -0.507 e. The Bertz CT molecular complexity index is 892. The molecule has 140 valence electrons. The molecule has 1 heterocycles. The number of hydrogen-bond acceptors (Lipinski definition) is 2. The number of benzene rings is 2. The first kappa shape index (κ1) is 19.2. The Kier molecular flexibility index (Phi) is 4.86. The molecule has 0 saturated heterocycles. The highest BCUT2D eigenvalue weighted by atomic mass is 16.3. The molecule has 0 spiro atoms. The Morgan fingerprint density at radius 2 is 0.963 bits per heavy atom. The van der Waals surface area contributed by atoms with Crippen molar-refractivity contribution >= 4 is 0 Å². The van der Waals surface area contributed by atoms with E-state index in [0.29, 0.717) is 5.75 Å². The van der Waals surface area contributed by atoms with E-state index in [4.69, 9.17) is 0 Å². The number of aromatic nitrogens is 1. The number of rotatable bonds is 2. The molecule has 0 bridgehead atoms. The summed E-state index contributed by atoms with van der Waals surface area (Å²) in [5.74, 6) is 0.423. The molecular formula is C25H29NO. The maximum absolute atomic E-state index is 10.9. The summed E-state index contributed by atoms with van der Waals surface area (Å²) in [5.41, 5.74) is 6.35. The van der Waals surface area contributed by atoms with Gasteiger partial charge >= 0.3 is 0 Å². The zero-order valence-electron chi connectivity index (χ0n) is 17.2. The number of nitrogens with zero attached hydrogens (tertiary/aromatic N) is 1. The number of phenolic OH excluding ortho intramolecular Hbond substituents is 1. The van der Waals surface area contributed by atoms with E-state index >= 15 is 0 Å². The molecule has 0 aliphatic heterocycles. The molecule has 2 nitrogen and oxygen atoms in total. The third-order valence-corrected chi connectivity index (χ3v) is 4.96. The first-order valence-corrected chi connectivity index (χ1v) is 9.46. The van der Waals surface area contributed by atoms with Crippen LogP contribution in [0, 0.1) is 0 Å².